The van der Waals surface area contributed by atoms with Gasteiger partial charge in [-0.2, -0.15) is 0 Å². The standard InChI is InChI=1S/C16H29N3O3S/c1-17-9-4-7-14(17)15-8-5-11-19(15)16(20)13-6-3-10-18(12-13)23(2,21)22/h13-15H,3-12H2,1-2H3. The van der Waals surface area contributed by atoms with Gasteiger partial charge in [0.1, 0.15) is 0 Å². The van der Waals surface area contributed by atoms with E-state index in [0.29, 0.717) is 25.2 Å². The molecular formula is C16H29N3O3S. The van der Waals surface area contributed by atoms with Crippen LogP contribution in [0.2, 0.25) is 0 Å². The van der Waals surface area contributed by atoms with Gasteiger partial charge in [0.05, 0.1) is 12.2 Å². The predicted molar refractivity (Wildman–Crippen MR) is 89.5 cm³/mol. The summed E-state index contributed by atoms with van der Waals surface area (Å²) in [7, 11) is -1.04. The van der Waals surface area contributed by atoms with Gasteiger partial charge in [-0.05, 0) is 52.1 Å². The third-order valence-corrected chi connectivity index (χ3v) is 7.08. The lowest BCUT2D eigenvalue weighted by molar-refractivity contribution is -0.138. The van der Waals surface area contributed by atoms with Gasteiger partial charge in [0, 0.05) is 31.7 Å². The van der Waals surface area contributed by atoms with Crippen molar-refractivity contribution in [3.05, 3.63) is 0 Å². The second-order valence-electron chi connectivity index (χ2n) is 7.39. The van der Waals surface area contributed by atoms with E-state index < -0.39 is 10.0 Å². The number of nitrogens with zero attached hydrogens (tertiary/aromatic N) is 3. The quantitative estimate of drug-likeness (QED) is 0.758. The Kier molecular flexibility index (Phi) is 4.99. The number of hydrogen-bond acceptors (Lipinski definition) is 4. The zero-order chi connectivity index (χ0) is 16.6. The molecule has 0 aromatic rings. The highest BCUT2D eigenvalue weighted by Crippen LogP contribution is 2.31. The van der Waals surface area contributed by atoms with Crippen molar-refractivity contribution in [1.29, 1.82) is 0 Å². The molecule has 3 aliphatic rings. The number of piperidine rings is 1. The van der Waals surface area contributed by atoms with E-state index >= 15 is 0 Å². The lowest BCUT2D eigenvalue weighted by Gasteiger charge is -2.37. The Morgan fingerprint density at radius 2 is 1.61 bits per heavy atom. The number of sulfonamides is 1. The minimum Gasteiger partial charge on any atom is -0.338 e. The number of rotatable bonds is 3. The van der Waals surface area contributed by atoms with Gasteiger partial charge in [0.2, 0.25) is 15.9 Å². The summed E-state index contributed by atoms with van der Waals surface area (Å²) in [4.78, 5) is 17.5. The Morgan fingerprint density at radius 3 is 2.26 bits per heavy atom. The molecule has 0 saturated carbocycles. The second kappa shape index (κ2) is 6.69. The Bertz CT molecular complexity index is 551. The average molecular weight is 343 g/mol. The third kappa shape index (κ3) is 3.56. The van der Waals surface area contributed by atoms with Crippen LogP contribution < -0.4 is 0 Å². The molecule has 7 heteroatoms. The lowest BCUT2D eigenvalue weighted by atomic mass is 9.96. The SMILES string of the molecule is CN1CCCC1C1CCCN1C(=O)C1CCCN(S(C)(=O)=O)C1. The van der Waals surface area contributed by atoms with Crippen molar-refractivity contribution in [2.24, 2.45) is 5.92 Å². The second-order valence-corrected chi connectivity index (χ2v) is 9.37. The molecule has 0 aromatic carbocycles. The van der Waals surface area contributed by atoms with Crippen LogP contribution in [-0.4, -0.2) is 80.0 Å². The van der Waals surface area contributed by atoms with Crippen LogP contribution in [0.1, 0.15) is 38.5 Å². The molecule has 3 heterocycles. The highest BCUT2D eigenvalue weighted by atomic mass is 32.2. The van der Waals surface area contributed by atoms with Crippen molar-refractivity contribution in [2.75, 3.05) is 39.5 Å². The maximum Gasteiger partial charge on any atom is 0.227 e. The van der Waals surface area contributed by atoms with Crippen LogP contribution >= 0.6 is 0 Å². The average Bonchev–Trinajstić information content (AvgIpc) is 3.14. The fourth-order valence-corrected chi connectivity index (χ4v) is 5.48. The Hall–Kier alpha value is -0.660. The summed E-state index contributed by atoms with van der Waals surface area (Å²) < 4.78 is 25.1. The number of carbonyl (C=O) groups excluding carboxylic acids is 1. The molecule has 3 unspecified atom stereocenters. The first-order valence-corrected chi connectivity index (χ1v) is 10.7. The summed E-state index contributed by atoms with van der Waals surface area (Å²) in [5.41, 5.74) is 0. The van der Waals surface area contributed by atoms with Crippen LogP contribution in [0.5, 0.6) is 0 Å². The number of carbonyl (C=O) groups is 1. The van der Waals surface area contributed by atoms with Crippen molar-refractivity contribution in [1.82, 2.24) is 14.1 Å². The molecule has 23 heavy (non-hydrogen) atoms. The van der Waals surface area contributed by atoms with E-state index in [2.05, 4.69) is 16.8 Å². The minimum absolute atomic E-state index is 0.161. The number of likely N-dealkylation sites (N-methyl/N-ethyl adjacent to an activating group) is 1. The zero-order valence-corrected chi connectivity index (χ0v) is 15.1. The molecule has 0 aliphatic carbocycles. The summed E-state index contributed by atoms with van der Waals surface area (Å²) in [6, 6.07) is 0.805. The fraction of sp³-hybridized carbons (Fsp3) is 0.938. The first-order chi connectivity index (χ1) is 10.9. The molecule has 3 fully saturated rings. The largest absolute Gasteiger partial charge is 0.338 e. The van der Waals surface area contributed by atoms with E-state index in [0.717, 1.165) is 38.8 Å². The van der Waals surface area contributed by atoms with Crippen LogP contribution in [0.4, 0.5) is 0 Å². The molecule has 1 amide bonds. The molecule has 3 aliphatic heterocycles. The van der Waals surface area contributed by atoms with Crippen molar-refractivity contribution in [3.63, 3.8) is 0 Å². The van der Waals surface area contributed by atoms with Crippen molar-refractivity contribution < 1.29 is 13.2 Å². The summed E-state index contributed by atoms with van der Waals surface area (Å²) in [5, 5.41) is 0. The molecule has 0 N–H and O–H groups in total. The topological polar surface area (TPSA) is 60.9 Å². The molecule has 3 rings (SSSR count). The first kappa shape index (κ1) is 17.2. The highest BCUT2D eigenvalue weighted by Gasteiger charge is 2.41. The van der Waals surface area contributed by atoms with E-state index in [4.69, 9.17) is 0 Å². The molecule has 3 atom stereocenters. The number of amides is 1. The maximum absolute atomic E-state index is 13.0. The molecule has 3 saturated heterocycles. The molecule has 6 nitrogen and oxygen atoms in total. The summed E-state index contributed by atoms with van der Waals surface area (Å²) in [6.45, 7) is 2.87. The number of hydrogen-bond donors (Lipinski definition) is 0. The van der Waals surface area contributed by atoms with Gasteiger partial charge in [-0.1, -0.05) is 0 Å². The number of likely N-dealkylation sites (tertiary alicyclic amines) is 2. The van der Waals surface area contributed by atoms with Crippen molar-refractivity contribution in [3.8, 4) is 0 Å². The van der Waals surface area contributed by atoms with E-state index in [1.807, 2.05) is 0 Å². The van der Waals surface area contributed by atoms with Gasteiger partial charge in [-0.3, -0.25) is 4.79 Å². The summed E-state index contributed by atoms with van der Waals surface area (Å²) in [6.07, 6.45) is 7.38. The van der Waals surface area contributed by atoms with Crippen molar-refractivity contribution >= 4 is 15.9 Å². The van der Waals surface area contributed by atoms with Crippen LogP contribution in [0.3, 0.4) is 0 Å². The van der Waals surface area contributed by atoms with Crippen LogP contribution in [0.15, 0.2) is 0 Å². The molecule has 132 valence electrons. The van der Waals surface area contributed by atoms with E-state index in [-0.39, 0.29) is 11.8 Å². The van der Waals surface area contributed by atoms with Gasteiger partial charge in [0.15, 0.2) is 0 Å². The van der Waals surface area contributed by atoms with Gasteiger partial charge in [0.25, 0.3) is 0 Å². The van der Waals surface area contributed by atoms with Crippen LogP contribution in [0, 0.1) is 5.92 Å². The monoisotopic (exact) mass is 343 g/mol. The van der Waals surface area contributed by atoms with Crippen LogP contribution in [0.25, 0.3) is 0 Å². The normalized spacial score (nSPS) is 34.2. The molecular weight excluding hydrogens is 314 g/mol. The maximum atomic E-state index is 13.0. The molecule has 0 radical (unpaired) electrons. The smallest absolute Gasteiger partial charge is 0.227 e. The van der Waals surface area contributed by atoms with Crippen LogP contribution in [-0.2, 0) is 14.8 Å². The Morgan fingerprint density at radius 1 is 0.957 bits per heavy atom. The van der Waals surface area contributed by atoms with Gasteiger partial charge in [-0.25, -0.2) is 12.7 Å². The lowest BCUT2D eigenvalue weighted by Crippen LogP contribution is -2.51. The Balaban J connectivity index is 1.69. The predicted octanol–water partition coefficient (Wildman–Crippen LogP) is 0.743. The van der Waals surface area contributed by atoms with Gasteiger partial charge >= 0.3 is 0 Å². The molecule has 0 spiro atoms. The van der Waals surface area contributed by atoms with Crippen molar-refractivity contribution in [2.45, 2.75) is 50.6 Å². The minimum atomic E-state index is -3.20. The summed E-state index contributed by atoms with van der Waals surface area (Å²) in [5.74, 6) is 0.0203. The van der Waals surface area contributed by atoms with E-state index in [1.54, 1.807) is 0 Å². The summed E-state index contributed by atoms with van der Waals surface area (Å²) >= 11 is 0. The molecule has 0 bridgehead atoms. The first-order valence-electron chi connectivity index (χ1n) is 8.84. The van der Waals surface area contributed by atoms with E-state index in [1.165, 1.54) is 23.4 Å². The Labute approximate surface area is 139 Å². The molecule has 0 aromatic heterocycles. The zero-order valence-electron chi connectivity index (χ0n) is 14.3. The fourth-order valence-electron chi connectivity index (χ4n) is 4.57. The highest BCUT2D eigenvalue weighted by molar-refractivity contribution is 7.88. The van der Waals surface area contributed by atoms with Gasteiger partial charge < -0.3 is 9.80 Å². The van der Waals surface area contributed by atoms with Gasteiger partial charge in [-0.15, -0.1) is 0 Å². The van der Waals surface area contributed by atoms with E-state index in [9.17, 15) is 13.2 Å². The third-order valence-electron chi connectivity index (χ3n) is 5.81.